The van der Waals surface area contributed by atoms with Gasteiger partial charge >= 0.3 is 12.1 Å². The monoisotopic (exact) mass is 321 g/mol. The van der Waals surface area contributed by atoms with Crippen molar-refractivity contribution in [1.29, 1.82) is 0 Å². The van der Waals surface area contributed by atoms with Crippen LogP contribution in [-0.4, -0.2) is 35.9 Å². The van der Waals surface area contributed by atoms with Crippen molar-refractivity contribution < 1.29 is 24.2 Å². The number of ether oxygens (including phenoxy) is 2. The third kappa shape index (κ3) is 7.90. The average Bonchev–Trinajstić information content (AvgIpc) is 2.40. The van der Waals surface area contributed by atoms with Gasteiger partial charge in [-0.05, 0) is 57.0 Å². The van der Waals surface area contributed by atoms with E-state index in [1.165, 1.54) is 6.08 Å². The Labute approximate surface area is 136 Å². The maximum Gasteiger partial charge on any atom is 0.407 e. The predicted molar refractivity (Wildman–Crippen MR) is 87.6 cm³/mol. The topological polar surface area (TPSA) is 84.9 Å². The highest BCUT2D eigenvalue weighted by Gasteiger charge is 2.15. The van der Waals surface area contributed by atoms with E-state index in [1.807, 2.05) is 13.0 Å². The Balaban J connectivity index is 2.43. The molecule has 6 heteroatoms. The van der Waals surface area contributed by atoms with Crippen molar-refractivity contribution in [2.24, 2.45) is 0 Å². The Hall–Kier alpha value is -2.50. The van der Waals surface area contributed by atoms with Gasteiger partial charge < -0.3 is 19.9 Å². The number of aryl methyl sites for hydroxylation is 1. The van der Waals surface area contributed by atoms with E-state index in [9.17, 15) is 9.59 Å². The van der Waals surface area contributed by atoms with Gasteiger partial charge in [-0.2, -0.15) is 0 Å². The molecule has 2 N–H and O–H groups in total. The lowest BCUT2D eigenvalue weighted by molar-refractivity contribution is -0.131. The van der Waals surface area contributed by atoms with Crippen molar-refractivity contribution in [1.82, 2.24) is 5.32 Å². The molecule has 0 bridgehead atoms. The molecule has 1 aromatic rings. The van der Waals surface area contributed by atoms with Gasteiger partial charge in [-0.1, -0.05) is 6.07 Å². The first-order chi connectivity index (χ1) is 10.7. The zero-order valence-corrected chi connectivity index (χ0v) is 13.9. The number of carbonyl (C=O) groups is 2. The molecule has 0 aliphatic heterocycles. The van der Waals surface area contributed by atoms with Crippen molar-refractivity contribution >= 4 is 18.1 Å². The van der Waals surface area contributed by atoms with Gasteiger partial charge in [0.15, 0.2) is 0 Å². The summed E-state index contributed by atoms with van der Waals surface area (Å²) in [7, 11) is 0. The first-order valence-electron chi connectivity index (χ1n) is 7.29. The normalized spacial score (nSPS) is 11.3. The van der Waals surface area contributed by atoms with Gasteiger partial charge in [0.1, 0.15) is 18.0 Å². The average molecular weight is 321 g/mol. The van der Waals surface area contributed by atoms with E-state index in [0.717, 1.165) is 17.2 Å². The molecule has 1 rings (SSSR count). The fourth-order valence-electron chi connectivity index (χ4n) is 1.72. The highest BCUT2D eigenvalue weighted by Crippen LogP contribution is 2.18. The molecule has 1 aromatic carbocycles. The first-order valence-corrected chi connectivity index (χ1v) is 7.29. The molecule has 0 unspecified atom stereocenters. The van der Waals surface area contributed by atoms with Crippen LogP contribution in [-0.2, 0) is 9.53 Å². The number of hydrogen-bond donors (Lipinski definition) is 2. The molecule has 0 aliphatic rings. The van der Waals surface area contributed by atoms with Gasteiger partial charge in [0, 0.05) is 6.08 Å². The van der Waals surface area contributed by atoms with Crippen LogP contribution >= 0.6 is 0 Å². The molecule has 6 nitrogen and oxygen atoms in total. The minimum absolute atomic E-state index is 0.309. The molecule has 23 heavy (non-hydrogen) atoms. The number of aliphatic carboxylic acids is 1. The summed E-state index contributed by atoms with van der Waals surface area (Å²) in [5, 5.41) is 11.2. The predicted octanol–water partition coefficient (Wildman–Crippen LogP) is 3.00. The van der Waals surface area contributed by atoms with E-state index in [0.29, 0.717) is 18.9 Å². The molecule has 1 amide bonds. The summed E-state index contributed by atoms with van der Waals surface area (Å²) >= 11 is 0. The number of alkyl carbamates (subject to hydrolysis) is 1. The highest BCUT2D eigenvalue weighted by atomic mass is 16.6. The number of carboxylic acid groups (broad SMARTS) is 1. The molecule has 0 aromatic heterocycles. The highest BCUT2D eigenvalue weighted by molar-refractivity contribution is 5.85. The molecule has 0 atom stereocenters. The summed E-state index contributed by atoms with van der Waals surface area (Å²) in [5.74, 6) is -0.334. The van der Waals surface area contributed by atoms with Crippen LogP contribution in [0.2, 0.25) is 0 Å². The van der Waals surface area contributed by atoms with Crippen LogP contribution in [0, 0.1) is 6.92 Å². The number of rotatable bonds is 6. The van der Waals surface area contributed by atoms with Gasteiger partial charge in [-0.15, -0.1) is 0 Å². The molecule has 0 aliphatic carbocycles. The SMILES string of the molecule is Cc1cc(OCCNC(=O)OC(C)(C)C)ccc1/C=C/C(=O)O. The summed E-state index contributed by atoms with van der Waals surface area (Å²) in [4.78, 5) is 22.0. The van der Waals surface area contributed by atoms with E-state index in [4.69, 9.17) is 14.6 Å². The Morgan fingerprint density at radius 2 is 2.00 bits per heavy atom. The fraction of sp³-hybridized carbons (Fsp3) is 0.412. The fourth-order valence-corrected chi connectivity index (χ4v) is 1.72. The number of benzene rings is 1. The molecular weight excluding hydrogens is 298 g/mol. The third-order valence-corrected chi connectivity index (χ3v) is 2.69. The Kier molecular flexibility index (Phi) is 6.63. The van der Waals surface area contributed by atoms with Crippen LogP contribution < -0.4 is 10.1 Å². The first kappa shape index (κ1) is 18.5. The minimum Gasteiger partial charge on any atom is -0.492 e. The van der Waals surface area contributed by atoms with Crippen molar-refractivity contribution in [3.63, 3.8) is 0 Å². The molecule has 0 spiro atoms. The number of carbonyl (C=O) groups excluding carboxylic acids is 1. The number of carboxylic acids is 1. The number of nitrogens with one attached hydrogen (secondary N) is 1. The van der Waals surface area contributed by atoms with E-state index in [-0.39, 0.29) is 0 Å². The molecule has 0 saturated carbocycles. The van der Waals surface area contributed by atoms with Crippen molar-refractivity contribution in [3.8, 4) is 5.75 Å². The van der Waals surface area contributed by atoms with Crippen LogP contribution in [0.25, 0.3) is 6.08 Å². The molecular formula is C17H23NO5. The second-order valence-corrected chi connectivity index (χ2v) is 5.97. The molecule has 0 fully saturated rings. The van der Waals surface area contributed by atoms with Crippen LogP contribution in [0.3, 0.4) is 0 Å². The van der Waals surface area contributed by atoms with Gasteiger partial charge in [0.05, 0.1) is 6.54 Å². The maximum atomic E-state index is 11.5. The van der Waals surface area contributed by atoms with Gasteiger partial charge in [0.25, 0.3) is 0 Å². The molecule has 126 valence electrons. The largest absolute Gasteiger partial charge is 0.492 e. The van der Waals surface area contributed by atoms with E-state index >= 15 is 0 Å². The van der Waals surface area contributed by atoms with E-state index in [1.54, 1.807) is 32.9 Å². The molecule has 0 radical (unpaired) electrons. The summed E-state index contributed by atoms with van der Waals surface area (Å²) in [5.41, 5.74) is 1.19. The summed E-state index contributed by atoms with van der Waals surface area (Å²) < 4.78 is 10.6. The van der Waals surface area contributed by atoms with Crippen LogP contribution in [0.15, 0.2) is 24.3 Å². The van der Waals surface area contributed by atoms with E-state index in [2.05, 4.69) is 5.32 Å². The van der Waals surface area contributed by atoms with Gasteiger partial charge in [-0.25, -0.2) is 9.59 Å². The second kappa shape index (κ2) is 8.22. The van der Waals surface area contributed by atoms with Crippen molar-refractivity contribution in [3.05, 3.63) is 35.4 Å². The second-order valence-electron chi connectivity index (χ2n) is 5.97. The lowest BCUT2D eigenvalue weighted by Crippen LogP contribution is -2.34. The Morgan fingerprint density at radius 3 is 2.57 bits per heavy atom. The van der Waals surface area contributed by atoms with Crippen LogP contribution in [0.5, 0.6) is 5.75 Å². The zero-order valence-electron chi connectivity index (χ0n) is 13.9. The van der Waals surface area contributed by atoms with Crippen molar-refractivity contribution in [2.75, 3.05) is 13.2 Å². The standard InChI is InChI=1S/C17H23NO5/c1-12-11-14(7-5-13(12)6-8-15(19)20)22-10-9-18-16(21)23-17(2,3)4/h5-8,11H,9-10H2,1-4H3,(H,18,21)(H,19,20)/b8-6+. The van der Waals surface area contributed by atoms with Gasteiger partial charge in [0.2, 0.25) is 0 Å². The zero-order chi connectivity index (χ0) is 17.5. The maximum absolute atomic E-state index is 11.5. The molecule has 0 saturated heterocycles. The van der Waals surface area contributed by atoms with Gasteiger partial charge in [-0.3, -0.25) is 0 Å². The number of hydrogen-bond acceptors (Lipinski definition) is 4. The van der Waals surface area contributed by atoms with Crippen LogP contribution in [0.1, 0.15) is 31.9 Å². The summed E-state index contributed by atoms with van der Waals surface area (Å²) in [6, 6.07) is 5.35. The number of amides is 1. The summed E-state index contributed by atoms with van der Waals surface area (Å²) in [6.45, 7) is 7.90. The quantitative estimate of drug-likeness (QED) is 0.621. The smallest absolute Gasteiger partial charge is 0.407 e. The lowest BCUT2D eigenvalue weighted by Gasteiger charge is -2.19. The summed E-state index contributed by atoms with van der Waals surface area (Å²) in [6.07, 6.45) is 2.14. The minimum atomic E-state index is -0.988. The van der Waals surface area contributed by atoms with Crippen molar-refractivity contribution in [2.45, 2.75) is 33.3 Å². The lowest BCUT2D eigenvalue weighted by atomic mass is 10.1. The van der Waals surface area contributed by atoms with Crippen LogP contribution in [0.4, 0.5) is 4.79 Å². The third-order valence-electron chi connectivity index (χ3n) is 2.69. The molecule has 0 heterocycles. The van der Waals surface area contributed by atoms with E-state index < -0.39 is 17.7 Å². The Bertz CT molecular complexity index is 587. The Morgan fingerprint density at radius 1 is 1.30 bits per heavy atom.